The van der Waals surface area contributed by atoms with Gasteiger partial charge in [0.1, 0.15) is 5.75 Å². The minimum atomic E-state index is 0.797. The lowest BCUT2D eigenvalue weighted by Crippen LogP contribution is -2.07. The van der Waals surface area contributed by atoms with Gasteiger partial charge in [-0.15, -0.1) is 0 Å². The Morgan fingerprint density at radius 1 is 1.25 bits per heavy atom. The molecule has 0 saturated carbocycles. The molecule has 16 heavy (non-hydrogen) atoms. The van der Waals surface area contributed by atoms with Gasteiger partial charge in [-0.2, -0.15) is 0 Å². The fourth-order valence-electron chi connectivity index (χ4n) is 1.49. The van der Waals surface area contributed by atoms with E-state index in [1.807, 2.05) is 13.1 Å². The molecule has 1 rings (SSSR count). The second-order valence-corrected chi connectivity index (χ2v) is 4.80. The number of ether oxygens (including phenoxy) is 1. The van der Waals surface area contributed by atoms with E-state index in [0.29, 0.717) is 0 Å². The van der Waals surface area contributed by atoms with Crippen molar-refractivity contribution in [3.63, 3.8) is 0 Å². The maximum atomic E-state index is 5.70. The minimum Gasteiger partial charge on any atom is -0.492 e. The van der Waals surface area contributed by atoms with Crippen LogP contribution in [0.3, 0.4) is 0 Å². The first-order chi connectivity index (χ1) is 7.74. The van der Waals surface area contributed by atoms with Crippen LogP contribution in [0.15, 0.2) is 22.7 Å². The number of benzene rings is 1. The SMILES string of the molecule is CNCCCCCOc1ccc(C)cc1Br. The molecule has 0 aliphatic carbocycles. The molecule has 1 aromatic carbocycles. The summed E-state index contributed by atoms with van der Waals surface area (Å²) >= 11 is 3.51. The van der Waals surface area contributed by atoms with Crippen LogP contribution in [0.1, 0.15) is 24.8 Å². The van der Waals surface area contributed by atoms with Gasteiger partial charge in [-0.05, 0) is 73.4 Å². The van der Waals surface area contributed by atoms with Gasteiger partial charge in [0.25, 0.3) is 0 Å². The molecule has 0 aliphatic rings. The van der Waals surface area contributed by atoms with Crippen molar-refractivity contribution in [2.45, 2.75) is 26.2 Å². The molecule has 0 heterocycles. The fourth-order valence-corrected chi connectivity index (χ4v) is 2.09. The molecule has 0 bridgehead atoms. The predicted octanol–water partition coefficient (Wildman–Crippen LogP) is 3.53. The van der Waals surface area contributed by atoms with Crippen LogP contribution >= 0.6 is 15.9 Å². The Bertz CT molecular complexity index is 315. The molecule has 1 aromatic rings. The third kappa shape index (κ3) is 4.99. The van der Waals surface area contributed by atoms with E-state index in [0.717, 1.165) is 29.8 Å². The molecule has 1 N–H and O–H groups in total. The summed E-state index contributed by atoms with van der Waals surface area (Å²) in [4.78, 5) is 0. The number of hydrogen-bond donors (Lipinski definition) is 1. The Hall–Kier alpha value is -0.540. The number of rotatable bonds is 7. The zero-order valence-electron chi connectivity index (χ0n) is 10.1. The van der Waals surface area contributed by atoms with Crippen LogP contribution in [0.4, 0.5) is 0 Å². The van der Waals surface area contributed by atoms with Gasteiger partial charge < -0.3 is 10.1 Å². The Labute approximate surface area is 107 Å². The first-order valence-electron chi connectivity index (χ1n) is 5.77. The number of nitrogens with one attached hydrogen (secondary N) is 1. The second kappa shape index (κ2) is 7.69. The largest absolute Gasteiger partial charge is 0.492 e. The monoisotopic (exact) mass is 285 g/mol. The molecule has 2 nitrogen and oxygen atoms in total. The van der Waals surface area contributed by atoms with Gasteiger partial charge in [0.05, 0.1) is 11.1 Å². The third-order valence-corrected chi connectivity index (χ3v) is 3.04. The number of aryl methyl sites for hydroxylation is 1. The summed E-state index contributed by atoms with van der Waals surface area (Å²) in [5, 5.41) is 3.14. The van der Waals surface area contributed by atoms with E-state index in [2.05, 4.69) is 40.3 Å². The number of halogens is 1. The first-order valence-corrected chi connectivity index (χ1v) is 6.57. The van der Waals surface area contributed by atoms with Gasteiger partial charge in [0.2, 0.25) is 0 Å². The van der Waals surface area contributed by atoms with E-state index in [1.54, 1.807) is 0 Å². The molecule has 3 heteroatoms. The summed E-state index contributed by atoms with van der Waals surface area (Å²) in [5.74, 6) is 0.944. The van der Waals surface area contributed by atoms with Crippen LogP contribution in [0, 0.1) is 6.92 Å². The molecular weight excluding hydrogens is 266 g/mol. The van der Waals surface area contributed by atoms with Crippen LogP contribution in [0.2, 0.25) is 0 Å². The lowest BCUT2D eigenvalue weighted by atomic mass is 10.2. The van der Waals surface area contributed by atoms with Gasteiger partial charge >= 0.3 is 0 Å². The van der Waals surface area contributed by atoms with Gasteiger partial charge in [-0.25, -0.2) is 0 Å². The number of hydrogen-bond acceptors (Lipinski definition) is 2. The van der Waals surface area contributed by atoms with Crippen LogP contribution in [0.25, 0.3) is 0 Å². The fraction of sp³-hybridized carbons (Fsp3) is 0.538. The van der Waals surface area contributed by atoms with Crippen molar-refractivity contribution in [1.29, 1.82) is 0 Å². The summed E-state index contributed by atoms with van der Waals surface area (Å²) in [6, 6.07) is 6.17. The third-order valence-electron chi connectivity index (χ3n) is 2.42. The first kappa shape index (κ1) is 13.5. The highest BCUT2D eigenvalue weighted by Crippen LogP contribution is 2.25. The van der Waals surface area contributed by atoms with Crippen molar-refractivity contribution >= 4 is 15.9 Å². The Kier molecular flexibility index (Phi) is 6.50. The maximum absolute atomic E-state index is 5.70. The molecule has 0 unspecified atom stereocenters. The van der Waals surface area contributed by atoms with E-state index in [9.17, 15) is 0 Å². The molecule has 0 spiro atoms. The molecule has 0 amide bonds. The average molecular weight is 286 g/mol. The van der Waals surface area contributed by atoms with Gasteiger partial charge in [-0.3, -0.25) is 0 Å². The summed E-state index contributed by atoms with van der Waals surface area (Å²) in [6.45, 7) is 3.96. The van der Waals surface area contributed by atoms with E-state index < -0.39 is 0 Å². The lowest BCUT2D eigenvalue weighted by Gasteiger charge is -2.08. The van der Waals surface area contributed by atoms with Crippen LogP contribution in [-0.2, 0) is 0 Å². The molecule has 0 radical (unpaired) electrons. The molecular formula is C13H20BrNO. The summed E-state index contributed by atoms with van der Waals surface area (Å²) in [5.41, 5.74) is 1.24. The maximum Gasteiger partial charge on any atom is 0.133 e. The minimum absolute atomic E-state index is 0.797. The highest BCUT2D eigenvalue weighted by molar-refractivity contribution is 9.10. The van der Waals surface area contributed by atoms with Crippen molar-refractivity contribution in [2.24, 2.45) is 0 Å². The predicted molar refractivity (Wildman–Crippen MR) is 72.2 cm³/mol. The Balaban J connectivity index is 2.21. The van der Waals surface area contributed by atoms with Gasteiger partial charge in [0, 0.05) is 0 Å². The van der Waals surface area contributed by atoms with Crippen molar-refractivity contribution in [2.75, 3.05) is 20.2 Å². The standard InChI is InChI=1S/C13H20BrNO/c1-11-6-7-13(12(14)10-11)16-9-5-3-4-8-15-2/h6-7,10,15H,3-5,8-9H2,1-2H3. The molecule has 0 fully saturated rings. The number of unbranched alkanes of at least 4 members (excludes halogenated alkanes) is 2. The quantitative estimate of drug-likeness (QED) is 0.774. The highest BCUT2D eigenvalue weighted by atomic mass is 79.9. The molecule has 0 saturated heterocycles. The smallest absolute Gasteiger partial charge is 0.133 e. The van der Waals surface area contributed by atoms with Crippen molar-refractivity contribution < 1.29 is 4.74 Å². The summed E-state index contributed by atoms with van der Waals surface area (Å²) < 4.78 is 6.75. The summed E-state index contributed by atoms with van der Waals surface area (Å²) in [7, 11) is 1.99. The molecule has 0 aromatic heterocycles. The van der Waals surface area contributed by atoms with E-state index in [4.69, 9.17) is 4.74 Å². The van der Waals surface area contributed by atoms with Gasteiger partial charge in [0.15, 0.2) is 0 Å². The second-order valence-electron chi connectivity index (χ2n) is 3.95. The van der Waals surface area contributed by atoms with E-state index in [1.165, 1.54) is 18.4 Å². The molecule has 0 aliphatic heterocycles. The normalized spacial score (nSPS) is 10.4. The Morgan fingerprint density at radius 3 is 2.75 bits per heavy atom. The van der Waals surface area contributed by atoms with E-state index >= 15 is 0 Å². The highest BCUT2D eigenvalue weighted by Gasteiger charge is 2.00. The zero-order chi connectivity index (χ0) is 11.8. The lowest BCUT2D eigenvalue weighted by molar-refractivity contribution is 0.303. The van der Waals surface area contributed by atoms with Gasteiger partial charge in [-0.1, -0.05) is 6.07 Å². The average Bonchev–Trinajstić information content (AvgIpc) is 2.26. The summed E-state index contributed by atoms with van der Waals surface area (Å²) in [6.07, 6.45) is 3.54. The Morgan fingerprint density at radius 2 is 2.06 bits per heavy atom. The van der Waals surface area contributed by atoms with Crippen LogP contribution in [-0.4, -0.2) is 20.2 Å². The zero-order valence-corrected chi connectivity index (χ0v) is 11.6. The van der Waals surface area contributed by atoms with Crippen molar-refractivity contribution in [3.05, 3.63) is 28.2 Å². The van der Waals surface area contributed by atoms with Crippen molar-refractivity contribution in [1.82, 2.24) is 5.32 Å². The topological polar surface area (TPSA) is 21.3 Å². The van der Waals surface area contributed by atoms with Crippen LogP contribution in [0.5, 0.6) is 5.75 Å². The molecule has 90 valence electrons. The van der Waals surface area contributed by atoms with Crippen molar-refractivity contribution in [3.8, 4) is 5.75 Å². The van der Waals surface area contributed by atoms with Crippen LogP contribution < -0.4 is 10.1 Å². The molecule has 0 atom stereocenters. The van der Waals surface area contributed by atoms with E-state index in [-0.39, 0.29) is 0 Å².